The van der Waals surface area contributed by atoms with Crippen LogP contribution in [0.25, 0.3) is 0 Å². The first kappa shape index (κ1) is 14.9. The van der Waals surface area contributed by atoms with Crippen LogP contribution in [0, 0.1) is 0 Å². The maximum atomic E-state index is 11.9. The molecule has 0 saturated heterocycles. The summed E-state index contributed by atoms with van der Waals surface area (Å²) >= 11 is 3.21. The van der Waals surface area contributed by atoms with Gasteiger partial charge in [0.15, 0.2) is 0 Å². The average molecular weight is 352 g/mol. The predicted octanol–water partition coefficient (Wildman–Crippen LogP) is 1.34. The third-order valence-corrected chi connectivity index (χ3v) is 2.99. The highest BCUT2D eigenvalue weighted by molar-refractivity contribution is 9.10. The second-order valence-electron chi connectivity index (χ2n) is 4.10. The lowest BCUT2D eigenvalue weighted by molar-refractivity contribution is -0.116. The van der Waals surface area contributed by atoms with Gasteiger partial charge in [-0.2, -0.15) is 0 Å². The zero-order valence-corrected chi connectivity index (χ0v) is 12.2. The summed E-state index contributed by atoms with van der Waals surface area (Å²) in [5, 5.41) is 11.3. The molecule has 1 amide bonds. The van der Waals surface area contributed by atoms with E-state index >= 15 is 0 Å². The molecule has 2 rings (SSSR count). The first-order valence-corrected chi connectivity index (χ1v) is 6.60. The van der Waals surface area contributed by atoms with Crippen LogP contribution in [0.1, 0.15) is 10.5 Å². The molecule has 2 aromatic heterocycles. The molecule has 8 heteroatoms. The minimum Gasteiger partial charge on any atom is -0.477 e. The van der Waals surface area contributed by atoms with Crippen molar-refractivity contribution in [3.8, 4) is 0 Å². The van der Waals surface area contributed by atoms with E-state index in [0.29, 0.717) is 10.2 Å². The molecule has 0 atom stereocenters. The standard InChI is InChI=1S/C13H10BrN3O4/c14-8-1-2-12(19)17(6-8)7-11(18)16-9-3-4-15-10(5-9)13(20)21/h1-6H,7H2,(H,20,21)(H,15,16,18). The van der Waals surface area contributed by atoms with E-state index in [1.165, 1.54) is 35.2 Å². The quantitative estimate of drug-likeness (QED) is 0.865. The summed E-state index contributed by atoms with van der Waals surface area (Å²) in [5.41, 5.74) is -0.183. The Morgan fingerprint density at radius 2 is 2.10 bits per heavy atom. The highest BCUT2D eigenvalue weighted by Crippen LogP contribution is 2.09. The zero-order chi connectivity index (χ0) is 15.4. The van der Waals surface area contributed by atoms with Gasteiger partial charge in [0.05, 0.1) is 0 Å². The second kappa shape index (κ2) is 6.31. The number of carboxylic acid groups (broad SMARTS) is 1. The molecular formula is C13H10BrN3O4. The Kier molecular flexibility index (Phi) is 4.49. The number of nitrogens with zero attached hydrogens (tertiary/aromatic N) is 2. The molecule has 0 unspecified atom stereocenters. The molecule has 0 aliphatic rings. The Labute approximate surface area is 127 Å². The number of carbonyl (C=O) groups excluding carboxylic acids is 1. The number of hydrogen-bond donors (Lipinski definition) is 2. The summed E-state index contributed by atoms with van der Waals surface area (Å²) in [7, 11) is 0. The Morgan fingerprint density at radius 1 is 1.33 bits per heavy atom. The van der Waals surface area contributed by atoms with Crippen LogP contribution >= 0.6 is 15.9 Å². The summed E-state index contributed by atoms with van der Waals surface area (Å²) in [4.78, 5) is 37.9. The normalized spacial score (nSPS) is 10.1. The second-order valence-corrected chi connectivity index (χ2v) is 5.01. The predicted molar refractivity (Wildman–Crippen MR) is 78.2 cm³/mol. The molecule has 0 aliphatic carbocycles. The van der Waals surface area contributed by atoms with Crippen molar-refractivity contribution in [2.24, 2.45) is 0 Å². The number of amides is 1. The van der Waals surface area contributed by atoms with E-state index in [1.54, 1.807) is 6.07 Å². The van der Waals surface area contributed by atoms with E-state index < -0.39 is 11.9 Å². The van der Waals surface area contributed by atoms with E-state index in [9.17, 15) is 14.4 Å². The molecule has 0 saturated carbocycles. The van der Waals surface area contributed by atoms with Crippen molar-refractivity contribution in [1.29, 1.82) is 0 Å². The molecule has 0 bridgehead atoms. The van der Waals surface area contributed by atoms with Crippen molar-refractivity contribution < 1.29 is 14.7 Å². The van der Waals surface area contributed by atoms with E-state index in [0.717, 1.165) is 0 Å². The highest BCUT2D eigenvalue weighted by atomic mass is 79.9. The smallest absolute Gasteiger partial charge is 0.354 e. The van der Waals surface area contributed by atoms with Gasteiger partial charge < -0.3 is 15.0 Å². The molecule has 0 aliphatic heterocycles. The molecule has 0 radical (unpaired) electrons. The maximum absolute atomic E-state index is 11.9. The fourth-order valence-electron chi connectivity index (χ4n) is 1.61. The molecule has 108 valence electrons. The first-order chi connectivity index (χ1) is 9.95. The fourth-order valence-corrected chi connectivity index (χ4v) is 1.99. The minimum atomic E-state index is -1.19. The largest absolute Gasteiger partial charge is 0.477 e. The molecular weight excluding hydrogens is 342 g/mol. The lowest BCUT2D eigenvalue weighted by Gasteiger charge is -2.08. The van der Waals surface area contributed by atoms with Gasteiger partial charge in [-0.05, 0) is 34.1 Å². The maximum Gasteiger partial charge on any atom is 0.354 e. The number of rotatable bonds is 4. The highest BCUT2D eigenvalue weighted by Gasteiger charge is 2.09. The van der Waals surface area contributed by atoms with Crippen LogP contribution in [0.2, 0.25) is 0 Å². The average Bonchev–Trinajstić information content (AvgIpc) is 2.43. The number of carbonyl (C=O) groups is 2. The van der Waals surface area contributed by atoms with Gasteiger partial charge >= 0.3 is 5.97 Å². The Morgan fingerprint density at radius 3 is 2.81 bits per heavy atom. The summed E-state index contributed by atoms with van der Waals surface area (Å²) in [6.45, 7) is -0.178. The van der Waals surface area contributed by atoms with Gasteiger partial charge in [0.1, 0.15) is 12.2 Å². The summed E-state index contributed by atoms with van der Waals surface area (Å²) in [6.07, 6.45) is 2.78. The number of hydrogen-bond acceptors (Lipinski definition) is 4. The summed E-state index contributed by atoms with van der Waals surface area (Å²) < 4.78 is 1.91. The third kappa shape index (κ3) is 3.99. The number of aromatic carboxylic acids is 1. The molecule has 0 spiro atoms. The van der Waals surface area contributed by atoms with E-state index in [2.05, 4.69) is 26.2 Å². The van der Waals surface area contributed by atoms with Crippen LogP contribution < -0.4 is 10.9 Å². The Balaban J connectivity index is 2.11. The molecule has 21 heavy (non-hydrogen) atoms. The van der Waals surface area contributed by atoms with E-state index in [1.807, 2.05) is 0 Å². The SMILES string of the molecule is O=C(Cn1cc(Br)ccc1=O)Nc1ccnc(C(=O)O)c1. The van der Waals surface area contributed by atoms with Crippen LogP contribution in [0.5, 0.6) is 0 Å². The number of anilines is 1. The van der Waals surface area contributed by atoms with Gasteiger partial charge in [0.2, 0.25) is 5.91 Å². The van der Waals surface area contributed by atoms with Crippen LogP contribution in [-0.4, -0.2) is 26.5 Å². The van der Waals surface area contributed by atoms with Crippen molar-refractivity contribution in [1.82, 2.24) is 9.55 Å². The van der Waals surface area contributed by atoms with Gasteiger partial charge in [-0.1, -0.05) is 0 Å². The number of halogens is 1. The molecule has 0 aromatic carbocycles. The topological polar surface area (TPSA) is 101 Å². The number of nitrogens with one attached hydrogen (secondary N) is 1. The van der Waals surface area contributed by atoms with Gasteiger partial charge in [-0.15, -0.1) is 0 Å². The van der Waals surface area contributed by atoms with E-state index in [4.69, 9.17) is 5.11 Å². The Bertz CT molecular complexity index is 757. The van der Waals surface area contributed by atoms with Gasteiger partial charge in [-0.25, -0.2) is 9.78 Å². The van der Waals surface area contributed by atoms with Crippen molar-refractivity contribution in [3.63, 3.8) is 0 Å². The van der Waals surface area contributed by atoms with Gasteiger partial charge in [0.25, 0.3) is 5.56 Å². The lowest BCUT2D eigenvalue weighted by atomic mass is 10.3. The Hall–Kier alpha value is -2.48. The summed E-state index contributed by atoms with van der Waals surface area (Å²) in [5.74, 6) is -1.63. The van der Waals surface area contributed by atoms with Crippen LogP contribution in [0.4, 0.5) is 5.69 Å². The molecule has 2 aromatic rings. The molecule has 0 fully saturated rings. The van der Waals surface area contributed by atoms with Crippen LogP contribution in [0.3, 0.4) is 0 Å². The van der Waals surface area contributed by atoms with E-state index in [-0.39, 0.29) is 17.8 Å². The van der Waals surface area contributed by atoms with Crippen molar-refractivity contribution >= 4 is 33.5 Å². The number of aromatic nitrogens is 2. The number of carboxylic acids is 1. The molecule has 2 heterocycles. The third-order valence-electron chi connectivity index (χ3n) is 2.52. The fraction of sp³-hybridized carbons (Fsp3) is 0.0769. The van der Waals surface area contributed by atoms with Gasteiger partial charge in [0, 0.05) is 28.6 Å². The van der Waals surface area contributed by atoms with Crippen molar-refractivity contribution in [2.75, 3.05) is 5.32 Å². The van der Waals surface area contributed by atoms with Crippen LogP contribution in [0.15, 0.2) is 45.9 Å². The van der Waals surface area contributed by atoms with Crippen molar-refractivity contribution in [3.05, 3.63) is 57.2 Å². The van der Waals surface area contributed by atoms with Crippen molar-refractivity contribution in [2.45, 2.75) is 6.54 Å². The minimum absolute atomic E-state index is 0.174. The molecule has 7 nitrogen and oxygen atoms in total. The number of pyridine rings is 2. The first-order valence-electron chi connectivity index (χ1n) is 5.81. The van der Waals surface area contributed by atoms with Crippen LogP contribution in [-0.2, 0) is 11.3 Å². The van der Waals surface area contributed by atoms with Gasteiger partial charge in [-0.3, -0.25) is 9.59 Å². The lowest BCUT2D eigenvalue weighted by Crippen LogP contribution is -2.26. The zero-order valence-electron chi connectivity index (χ0n) is 10.6. The summed E-state index contributed by atoms with van der Waals surface area (Å²) in [6, 6.07) is 5.63. The monoisotopic (exact) mass is 351 g/mol. The molecule has 2 N–H and O–H groups in total.